The highest BCUT2D eigenvalue weighted by Gasteiger charge is 2.12. The molecule has 0 amide bonds. The van der Waals surface area contributed by atoms with Crippen LogP contribution < -0.4 is 4.74 Å². The van der Waals surface area contributed by atoms with E-state index in [0.29, 0.717) is 28.8 Å². The first-order valence-electron chi connectivity index (χ1n) is 6.06. The van der Waals surface area contributed by atoms with E-state index in [2.05, 4.69) is 10.2 Å². The molecule has 3 rings (SSSR count). The average Bonchev–Trinajstić information content (AvgIpc) is 3.01. The van der Waals surface area contributed by atoms with Gasteiger partial charge >= 0.3 is 0 Å². The second-order valence-corrected chi connectivity index (χ2v) is 4.60. The molecule has 0 spiro atoms. The Morgan fingerprint density at radius 1 is 1.10 bits per heavy atom. The molecular weight excluding hydrogens is 276 g/mol. The van der Waals surface area contributed by atoms with Crippen molar-refractivity contribution in [3.05, 3.63) is 65.5 Å². The summed E-state index contributed by atoms with van der Waals surface area (Å²) in [6.07, 6.45) is 1.28. The quantitative estimate of drug-likeness (QED) is 0.728. The van der Waals surface area contributed by atoms with Crippen LogP contribution in [0.25, 0.3) is 11.5 Å². The molecule has 0 saturated heterocycles. The van der Waals surface area contributed by atoms with Crippen LogP contribution in [0, 0.1) is 0 Å². The van der Waals surface area contributed by atoms with E-state index in [1.165, 1.54) is 6.39 Å². The largest absolute Gasteiger partial charge is 0.488 e. The molecule has 0 N–H and O–H groups in total. The molecule has 0 saturated carbocycles. The van der Waals surface area contributed by atoms with Crippen molar-refractivity contribution in [2.24, 2.45) is 0 Å². The van der Waals surface area contributed by atoms with Crippen molar-refractivity contribution in [2.45, 2.75) is 6.61 Å². The number of halogens is 1. The number of hydrogen-bond acceptors (Lipinski definition) is 4. The van der Waals surface area contributed by atoms with Gasteiger partial charge in [0.25, 0.3) is 5.89 Å². The average molecular weight is 287 g/mol. The number of rotatable bonds is 4. The lowest BCUT2D eigenvalue weighted by molar-refractivity contribution is 0.306. The van der Waals surface area contributed by atoms with Crippen LogP contribution in [0.3, 0.4) is 0 Å². The monoisotopic (exact) mass is 286 g/mol. The SMILES string of the molecule is Clc1ccc(OCc2ccccc2)c(-c2nnco2)c1. The van der Waals surface area contributed by atoms with Gasteiger partial charge in [-0.05, 0) is 23.8 Å². The van der Waals surface area contributed by atoms with Crippen LogP contribution in [-0.4, -0.2) is 10.2 Å². The van der Waals surface area contributed by atoms with E-state index in [-0.39, 0.29) is 0 Å². The summed E-state index contributed by atoms with van der Waals surface area (Å²) >= 11 is 6.01. The predicted octanol–water partition coefficient (Wildman–Crippen LogP) is 3.97. The predicted molar refractivity (Wildman–Crippen MR) is 75.5 cm³/mol. The van der Waals surface area contributed by atoms with E-state index >= 15 is 0 Å². The second kappa shape index (κ2) is 5.75. The van der Waals surface area contributed by atoms with Crippen LogP contribution >= 0.6 is 11.6 Å². The van der Waals surface area contributed by atoms with Gasteiger partial charge in [0, 0.05) is 5.02 Å². The van der Waals surface area contributed by atoms with Gasteiger partial charge in [0.2, 0.25) is 6.39 Å². The van der Waals surface area contributed by atoms with Gasteiger partial charge in [0.1, 0.15) is 12.4 Å². The molecule has 20 heavy (non-hydrogen) atoms. The lowest BCUT2D eigenvalue weighted by Gasteiger charge is -2.09. The Morgan fingerprint density at radius 2 is 1.95 bits per heavy atom. The standard InChI is InChI=1S/C15H11ClN2O2/c16-12-6-7-14(13(8-12)15-18-17-10-20-15)19-9-11-4-2-1-3-5-11/h1-8,10H,9H2. The number of benzene rings is 2. The molecule has 4 nitrogen and oxygen atoms in total. The molecule has 0 radical (unpaired) electrons. The molecule has 0 atom stereocenters. The third-order valence-corrected chi connectivity index (χ3v) is 3.00. The summed E-state index contributed by atoms with van der Waals surface area (Å²) in [5, 5.41) is 8.15. The van der Waals surface area contributed by atoms with Gasteiger partial charge in [-0.1, -0.05) is 41.9 Å². The summed E-state index contributed by atoms with van der Waals surface area (Å²) in [5.41, 5.74) is 1.77. The zero-order valence-corrected chi connectivity index (χ0v) is 11.2. The number of hydrogen-bond donors (Lipinski definition) is 0. The fraction of sp³-hybridized carbons (Fsp3) is 0.0667. The highest BCUT2D eigenvalue weighted by molar-refractivity contribution is 6.30. The Kier molecular flexibility index (Phi) is 3.65. The van der Waals surface area contributed by atoms with E-state index in [1.54, 1.807) is 18.2 Å². The first-order chi connectivity index (χ1) is 9.83. The zero-order chi connectivity index (χ0) is 13.8. The van der Waals surface area contributed by atoms with Gasteiger partial charge in [-0.15, -0.1) is 10.2 Å². The highest BCUT2D eigenvalue weighted by atomic mass is 35.5. The number of aromatic nitrogens is 2. The smallest absolute Gasteiger partial charge is 0.251 e. The fourth-order valence-corrected chi connectivity index (χ4v) is 1.99. The molecule has 1 heterocycles. The molecule has 0 aliphatic carbocycles. The van der Waals surface area contributed by atoms with E-state index < -0.39 is 0 Å². The van der Waals surface area contributed by atoms with Crippen molar-refractivity contribution < 1.29 is 9.15 Å². The number of nitrogens with zero attached hydrogens (tertiary/aromatic N) is 2. The lowest BCUT2D eigenvalue weighted by atomic mass is 10.2. The normalized spacial score (nSPS) is 10.4. The molecule has 0 aliphatic rings. The zero-order valence-electron chi connectivity index (χ0n) is 10.5. The minimum atomic E-state index is 0.385. The Bertz CT molecular complexity index is 684. The molecule has 0 aliphatic heterocycles. The first kappa shape index (κ1) is 12.7. The van der Waals surface area contributed by atoms with Gasteiger partial charge in [-0.2, -0.15) is 0 Å². The van der Waals surface area contributed by atoms with E-state index in [0.717, 1.165) is 5.56 Å². The molecule has 0 bridgehead atoms. The van der Waals surface area contributed by atoms with Crippen molar-refractivity contribution in [3.8, 4) is 17.2 Å². The third kappa shape index (κ3) is 2.81. The van der Waals surface area contributed by atoms with Crippen LogP contribution in [-0.2, 0) is 6.61 Å². The Morgan fingerprint density at radius 3 is 2.70 bits per heavy atom. The third-order valence-electron chi connectivity index (χ3n) is 2.77. The Balaban J connectivity index is 1.86. The minimum absolute atomic E-state index is 0.385. The van der Waals surface area contributed by atoms with Gasteiger partial charge in [-0.25, -0.2) is 0 Å². The van der Waals surface area contributed by atoms with Crippen molar-refractivity contribution in [3.63, 3.8) is 0 Å². The minimum Gasteiger partial charge on any atom is -0.488 e. The lowest BCUT2D eigenvalue weighted by Crippen LogP contribution is -1.97. The number of ether oxygens (including phenoxy) is 1. The van der Waals surface area contributed by atoms with Crippen molar-refractivity contribution in [2.75, 3.05) is 0 Å². The van der Waals surface area contributed by atoms with Gasteiger partial charge in [-0.3, -0.25) is 0 Å². The maximum Gasteiger partial charge on any atom is 0.251 e. The molecule has 3 aromatic rings. The summed E-state index contributed by atoms with van der Waals surface area (Å²) in [6.45, 7) is 0.462. The summed E-state index contributed by atoms with van der Waals surface area (Å²) in [6, 6.07) is 15.2. The molecule has 1 aromatic heterocycles. The Hall–Kier alpha value is -2.33. The second-order valence-electron chi connectivity index (χ2n) is 4.16. The summed E-state index contributed by atoms with van der Waals surface area (Å²) in [5.74, 6) is 1.04. The first-order valence-corrected chi connectivity index (χ1v) is 6.43. The van der Waals surface area contributed by atoms with Crippen LogP contribution in [0.5, 0.6) is 5.75 Å². The maximum absolute atomic E-state index is 6.01. The summed E-state index contributed by atoms with van der Waals surface area (Å²) in [7, 11) is 0. The van der Waals surface area contributed by atoms with Crippen LogP contribution in [0.1, 0.15) is 5.56 Å². The Labute approximate surface area is 121 Å². The maximum atomic E-state index is 6.01. The van der Waals surface area contributed by atoms with Crippen LogP contribution in [0.2, 0.25) is 5.02 Å². The topological polar surface area (TPSA) is 48.2 Å². The van der Waals surface area contributed by atoms with E-state index in [9.17, 15) is 0 Å². The summed E-state index contributed by atoms with van der Waals surface area (Å²) in [4.78, 5) is 0. The van der Waals surface area contributed by atoms with Crippen molar-refractivity contribution >= 4 is 11.6 Å². The molecule has 100 valence electrons. The molecular formula is C15H11ClN2O2. The molecule has 0 fully saturated rings. The molecule has 0 unspecified atom stereocenters. The molecule has 2 aromatic carbocycles. The van der Waals surface area contributed by atoms with Crippen molar-refractivity contribution in [1.82, 2.24) is 10.2 Å². The van der Waals surface area contributed by atoms with E-state index in [1.807, 2.05) is 30.3 Å². The van der Waals surface area contributed by atoms with E-state index in [4.69, 9.17) is 20.8 Å². The summed E-state index contributed by atoms with van der Waals surface area (Å²) < 4.78 is 11.0. The van der Waals surface area contributed by atoms with Crippen LogP contribution in [0.4, 0.5) is 0 Å². The molecule has 5 heteroatoms. The van der Waals surface area contributed by atoms with Crippen LogP contribution in [0.15, 0.2) is 59.3 Å². The highest BCUT2D eigenvalue weighted by Crippen LogP contribution is 2.31. The van der Waals surface area contributed by atoms with Gasteiger partial charge in [0.05, 0.1) is 5.56 Å². The van der Waals surface area contributed by atoms with Gasteiger partial charge in [0.15, 0.2) is 0 Å². The van der Waals surface area contributed by atoms with Gasteiger partial charge < -0.3 is 9.15 Å². The van der Waals surface area contributed by atoms with Crippen molar-refractivity contribution in [1.29, 1.82) is 0 Å². The fourth-order valence-electron chi connectivity index (χ4n) is 1.82.